The number of nitrogens with two attached hydrogens (primary N) is 1. The van der Waals surface area contributed by atoms with Crippen LogP contribution in [0.25, 0.3) is 0 Å². The van der Waals surface area contributed by atoms with Crippen LogP contribution in [0.4, 0.5) is 0 Å². The van der Waals surface area contributed by atoms with Gasteiger partial charge < -0.3 is 20.5 Å². The lowest BCUT2D eigenvalue weighted by Crippen LogP contribution is -2.42. The van der Waals surface area contributed by atoms with E-state index in [0.29, 0.717) is 18.0 Å². The molecule has 2 fully saturated rings. The Bertz CT molecular complexity index is 346. The van der Waals surface area contributed by atoms with Gasteiger partial charge in [-0.1, -0.05) is 20.8 Å². The van der Waals surface area contributed by atoms with E-state index in [9.17, 15) is 0 Å². The van der Waals surface area contributed by atoms with Crippen LogP contribution in [0.2, 0.25) is 0 Å². The van der Waals surface area contributed by atoms with Gasteiger partial charge in [0.25, 0.3) is 0 Å². The summed E-state index contributed by atoms with van der Waals surface area (Å²) >= 11 is 0. The molecule has 0 aliphatic carbocycles. The first kappa shape index (κ1) is 16.6. The second kappa shape index (κ2) is 7.45. The fourth-order valence-corrected chi connectivity index (χ4v) is 3.28. The predicted octanol–water partition coefficient (Wildman–Crippen LogP) is 1.91. The van der Waals surface area contributed by atoms with Gasteiger partial charge in [0.05, 0.1) is 12.2 Å². The van der Waals surface area contributed by atoms with E-state index < -0.39 is 0 Å². The quantitative estimate of drug-likeness (QED) is 0.614. The van der Waals surface area contributed by atoms with Crippen molar-refractivity contribution in [3.63, 3.8) is 0 Å². The van der Waals surface area contributed by atoms with Crippen molar-refractivity contribution in [3.8, 4) is 0 Å². The third kappa shape index (κ3) is 5.15. The van der Waals surface area contributed by atoms with Gasteiger partial charge in [-0.2, -0.15) is 0 Å². The summed E-state index contributed by atoms with van der Waals surface area (Å²) in [5.74, 6) is 0.991. The zero-order valence-corrected chi connectivity index (χ0v) is 13.7. The van der Waals surface area contributed by atoms with Crippen molar-refractivity contribution >= 4 is 5.96 Å². The lowest BCUT2D eigenvalue weighted by molar-refractivity contribution is -0.0823. The zero-order valence-electron chi connectivity index (χ0n) is 13.7. The summed E-state index contributed by atoms with van der Waals surface area (Å²) < 4.78 is 11.5. The first-order chi connectivity index (χ1) is 9.97. The van der Waals surface area contributed by atoms with Crippen molar-refractivity contribution in [1.82, 2.24) is 5.32 Å². The molecular weight excluding hydrogens is 266 g/mol. The Hall–Kier alpha value is -0.810. The van der Waals surface area contributed by atoms with Gasteiger partial charge in [0.2, 0.25) is 0 Å². The highest BCUT2D eigenvalue weighted by atomic mass is 16.5. The summed E-state index contributed by atoms with van der Waals surface area (Å²) in [6, 6.07) is 0. The normalized spacial score (nSPS) is 31.4. The Morgan fingerprint density at radius 1 is 1.19 bits per heavy atom. The molecule has 2 saturated heterocycles. The molecule has 2 aliphatic heterocycles. The maximum Gasteiger partial charge on any atom is 0.188 e. The largest absolute Gasteiger partial charge is 0.377 e. The maximum absolute atomic E-state index is 5.98. The minimum atomic E-state index is 0.153. The van der Waals surface area contributed by atoms with E-state index in [1.165, 1.54) is 6.42 Å². The molecule has 0 aromatic rings. The van der Waals surface area contributed by atoms with E-state index in [4.69, 9.17) is 15.2 Å². The molecule has 21 heavy (non-hydrogen) atoms. The van der Waals surface area contributed by atoms with Gasteiger partial charge in [-0.15, -0.1) is 0 Å². The van der Waals surface area contributed by atoms with Crippen molar-refractivity contribution in [2.45, 2.75) is 58.7 Å². The maximum atomic E-state index is 5.98. The predicted molar refractivity (Wildman–Crippen MR) is 85.4 cm³/mol. The topological polar surface area (TPSA) is 68.9 Å². The van der Waals surface area contributed by atoms with Crippen LogP contribution in [-0.4, -0.2) is 44.5 Å². The lowest BCUT2D eigenvalue weighted by Gasteiger charge is -2.39. The Balaban J connectivity index is 1.79. The molecule has 2 heterocycles. The first-order valence-corrected chi connectivity index (χ1v) is 8.24. The highest BCUT2D eigenvalue weighted by molar-refractivity contribution is 5.77. The minimum absolute atomic E-state index is 0.153. The minimum Gasteiger partial charge on any atom is -0.377 e. The van der Waals surface area contributed by atoms with E-state index >= 15 is 0 Å². The van der Waals surface area contributed by atoms with Crippen LogP contribution >= 0.6 is 0 Å². The summed E-state index contributed by atoms with van der Waals surface area (Å²) in [6.45, 7) is 9.95. The van der Waals surface area contributed by atoms with Gasteiger partial charge in [0.15, 0.2) is 5.96 Å². The number of hydrogen-bond donors (Lipinski definition) is 2. The summed E-state index contributed by atoms with van der Waals surface area (Å²) in [5.41, 5.74) is 6.12. The van der Waals surface area contributed by atoms with Crippen LogP contribution < -0.4 is 11.1 Å². The van der Waals surface area contributed by atoms with Crippen molar-refractivity contribution in [2.75, 3.05) is 26.3 Å². The third-order valence-corrected chi connectivity index (χ3v) is 4.33. The molecule has 0 bridgehead atoms. The number of hydrogen-bond acceptors (Lipinski definition) is 3. The second-order valence-electron chi connectivity index (χ2n) is 7.30. The van der Waals surface area contributed by atoms with Crippen LogP contribution in [0, 0.1) is 11.3 Å². The molecule has 0 aromatic carbocycles. The van der Waals surface area contributed by atoms with Crippen LogP contribution in [0.1, 0.15) is 46.5 Å². The van der Waals surface area contributed by atoms with E-state index in [1.807, 2.05) is 0 Å². The standard InChI is InChI=1S/C16H31N3O2/c1-16(2,3)14-12(6-4-9-21-14)10-18-15(17)19-11-13-7-5-8-20-13/h12-14H,4-11H2,1-3H3,(H3,17,18,19). The summed E-state index contributed by atoms with van der Waals surface area (Å²) in [4.78, 5) is 4.52. The van der Waals surface area contributed by atoms with Gasteiger partial charge in [0.1, 0.15) is 0 Å². The van der Waals surface area contributed by atoms with Crippen molar-refractivity contribution in [1.29, 1.82) is 0 Å². The van der Waals surface area contributed by atoms with Crippen LogP contribution in [0.15, 0.2) is 4.99 Å². The van der Waals surface area contributed by atoms with Crippen LogP contribution in [-0.2, 0) is 9.47 Å². The molecule has 5 heteroatoms. The molecule has 3 unspecified atom stereocenters. The van der Waals surface area contributed by atoms with Crippen molar-refractivity contribution in [3.05, 3.63) is 0 Å². The van der Waals surface area contributed by atoms with E-state index in [0.717, 1.165) is 45.6 Å². The number of nitrogens with one attached hydrogen (secondary N) is 1. The molecule has 2 aliphatic rings. The fraction of sp³-hybridized carbons (Fsp3) is 0.938. The smallest absolute Gasteiger partial charge is 0.188 e. The molecule has 122 valence electrons. The summed E-state index contributed by atoms with van der Waals surface area (Å²) in [5, 5.41) is 3.18. The Kier molecular flexibility index (Phi) is 5.88. The van der Waals surface area contributed by atoms with Gasteiger partial charge in [-0.05, 0) is 31.1 Å². The Morgan fingerprint density at radius 2 is 1.90 bits per heavy atom. The van der Waals surface area contributed by atoms with Crippen LogP contribution in [0.3, 0.4) is 0 Å². The summed E-state index contributed by atoms with van der Waals surface area (Å²) in [6.07, 6.45) is 5.11. The Morgan fingerprint density at radius 3 is 2.57 bits per heavy atom. The number of guanidine groups is 1. The molecule has 0 aromatic heterocycles. The highest BCUT2D eigenvalue weighted by Gasteiger charge is 2.35. The molecule has 5 nitrogen and oxygen atoms in total. The number of aliphatic imine (C=N–C) groups is 1. The lowest BCUT2D eigenvalue weighted by atomic mass is 9.78. The molecule has 2 rings (SSSR count). The average molecular weight is 297 g/mol. The van der Waals surface area contributed by atoms with Crippen molar-refractivity contribution < 1.29 is 9.47 Å². The molecule has 0 spiro atoms. The molecule has 3 atom stereocenters. The highest BCUT2D eigenvalue weighted by Crippen LogP contribution is 2.34. The third-order valence-electron chi connectivity index (χ3n) is 4.33. The number of ether oxygens (including phenoxy) is 2. The molecule has 3 N–H and O–H groups in total. The number of nitrogens with zero attached hydrogens (tertiary/aromatic N) is 1. The van der Waals surface area contributed by atoms with Gasteiger partial charge >= 0.3 is 0 Å². The molecule has 0 saturated carbocycles. The Labute approximate surface area is 128 Å². The van der Waals surface area contributed by atoms with Crippen molar-refractivity contribution in [2.24, 2.45) is 22.1 Å². The fourth-order valence-electron chi connectivity index (χ4n) is 3.28. The van der Waals surface area contributed by atoms with E-state index in [2.05, 4.69) is 31.1 Å². The summed E-state index contributed by atoms with van der Waals surface area (Å²) in [7, 11) is 0. The van der Waals surface area contributed by atoms with Gasteiger partial charge in [-0.3, -0.25) is 4.99 Å². The molecule has 0 radical (unpaired) electrons. The van der Waals surface area contributed by atoms with E-state index in [-0.39, 0.29) is 11.5 Å². The first-order valence-electron chi connectivity index (χ1n) is 8.24. The molecule has 0 amide bonds. The van der Waals surface area contributed by atoms with Gasteiger partial charge in [0, 0.05) is 32.2 Å². The number of rotatable bonds is 4. The second-order valence-corrected chi connectivity index (χ2v) is 7.30. The van der Waals surface area contributed by atoms with E-state index in [1.54, 1.807) is 0 Å². The van der Waals surface area contributed by atoms with Crippen LogP contribution in [0.5, 0.6) is 0 Å². The molecular formula is C16H31N3O2. The zero-order chi connectivity index (χ0) is 15.3. The SMILES string of the molecule is CC(C)(C)C1OCCCC1CN=C(N)NCC1CCCO1. The van der Waals surface area contributed by atoms with Gasteiger partial charge in [-0.25, -0.2) is 0 Å². The monoisotopic (exact) mass is 297 g/mol. The average Bonchev–Trinajstić information content (AvgIpc) is 2.95.